The molecule has 0 aliphatic carbocycles. The number of pyridine rings is 1. The summed E-state index contributed by atoms with van der Waals surface area (Å²) in [5.41, 5.74) is -0.450. The molecule has 1 unspecified atom stereocenters. The number of imide groups is 1. The zero-order valence-electron chi connectivity index (χ0n) is 15.2. The maximum absolute atomic E-state index is 13.1. The number of ether oxygens (including phenoxy) is 2. The fourth-order valence-corrected chi connectivity index (χ4v) is 3.31. The SMILES string of the molecule is CC(=O)OC1=C(N2C(=O)CCC2=O)OC(C)(c2cnc3ccccc3c2)C1=O. The van der Waals surface area contributed by atoms with Gasteiger partial charge in [-0.2, -0.15) is 0 Å². The summed E-state index contributed by atoms with van der Waals surface area (Å²) in [7, 11) is 0. The molecule has 8 nitrogen and oxygen atoms in total. The van der Waals surface area contributed by atoms with Gasteiger partial charge in [-0.15, -0.1) is 0 Å². The molecule has 0 saturated carbocycles. The van der Waals surface area contributed by atoms with Crippen LogP contribution in [0.5, 0.6) is 0 Å². The van der Waals surface area contributed by atoms with Crippen molar-refractivity contribution >= 4 is 34.5 Å². The zero-order chi connectivity index (χ0) is 20.1. The molecule has 142 valence electrons. The average Bonchev–Trinajstić information content (AvgIpc) is 3.12. The van der Waals surface area contributed by atoms with Gasteiger partial charge in [-0.05, 0) is 19.1 Å². The molecule has 0 bridgehead atoms. The third kappa shape index (κ3) is 2.65. The van der Waals surface area contributed by atoms with Gasteiger partial charge < -0.3 is 9.47 Å². The molecular weight excluding hydrogens is 364 g/mol. The molecule has 1 atom stereocenters. The zero-order valence-corrected chi connectivity index (χ0v) is 15.2. The first-order chi connectivity index (χ1) is 13.3. The number of likely N-dealkylation sites (tertiary alicyclic amines) is 1. The third-order valence-electron chi connectivity index (χ3n) is 4.78. The second-order valence-electron chi connectivity index (χ2n) is 6.73. The number of hydrogen-bond acceptors (Lipinski definition) is 7. The lowest BCUT2D eigenvalue weighted by Crippen LogP contribution is -2.34. The van der Waals surface area contributed by atoms with Crippen molar-refractivity contribution in [2.75, 3.05) is 0 Å². The molecule has 4 rings (SSSR count). The van der Waals surface area contributed by atoms with Gasteiger partial charge >= 0.3 is 5.97 Å². The molecule has 0 spiro atoms. The van der Waals surface area contributed by atoms with Crippen LogP contribution in [0.15, 0.2) is 48.2 Å². The highest BCUT2D eigenvalue weighted by atomic mass is 16.6. The van der Waals surface area contributed by atoms with E-state index in [-0.39, 0.29) is 18.7 Å². The molecule has 0 radical (unpaired) electrons. The lowest BCUT2D eigenvalue weighted by Gasteiger charge is -2.25. The predicted molar refractivity (Wildman–Crippen MR) is 95.1 cm³/mol. The molecule has 2 amide bonds. The van der Waals surface area contributed by atoms with E-state index >= 15 is 0 Å². The number of carbonyl (C=O) groups excluding carboxylic acids is 4. The molecule has 0 N–H and O–H groups in total. The Balaban J connectivity index is 1.81. The van der Waals surface area contributed by atoms with Crippen molar-refractivity contribution in [3.05, 3.63) is 53.7 Å². The maximum atomic E-state index is 13.1. The van der Waals surface area contributed by atoms with Gasteiger partial charge in [0.15, 0.2) is 0 Å². The summed E-state index contributed by atoms with van der Waals surface area (Å²) in [4.78, 5) is 54.1. The number of amides is 2. The Labute approximate surface area is 159 Å². The fraction of sp³-hybridized carbons (Fsp3) is 0.250. The summed E-state index contributed by atoms with van der Waals surface area (Å²) in [5.74, 6) is -3.25. The van der Waals surface area contributed by atoms with Crippen LogP contribution >= 0.6 is 0 Å². The number of hydrogen-bond donors (Lipinski definition) is 0. The van der Waals surface area contributed by atoms with Crippen molar-refractivity contribution in [2.45, 2.75) is 32.3 Å². The summed E-state index contributed by atoms with van der Waals surface area (Å²) < 4.78 is 10.9. The first kappa shape index (κ1) is 17.8. The van der Waals surface area contributed by atoms with Crippen molar-refractivity contribution in [3.63, 3.8) is 0 Å². The molecular formula is C20H16N2O6. The number of esters is 1. The third-order valence-corrected chi connectivity index (χ3v) is 4.78. The van der Waals surface area contributed by atoms with Gasteiger partial charge in [0.1, 0.15) is 0 Å². The van der Waals surface area contributed by atoms with Gasteiger partial charge in [0.2, 0.25) is 23.2 Å². The van der Waals surface area contributed by atoms with E-state index in [9.17, 15) is 19.2 Å². The van der Waals surface area contributed by atoms with Crippen LogP contribution in [0.1, 0.15) is 32.3 Å². The van der Waals surface area contributed by atoms with Crippen molar-refractivity contribution in [2.24, 2.45) is 0 Å². The van der Waals surface area contributed by atoms with Crippen molar-refractivity contribution in [3.8, 4) is 0 Å². The van der Waals surface area contributed by atoms with E-state index in [2.05, 4.69) is 4.98 Å². The number of fused-ring (bicyclic) bond motifs is 1. The summed E-state index contributed by atoms with van der Waals surface area (Å²) in [6.07, 6.45) is 1.49. The number of ketones is 1. The highest BCUT2D eigenvalue weighted by molar-refractivity contribution is 6.09. The van der Waals surface area contributed by atoms with Crippen molar-refractivity contribution in [1.29, 1.82) is 0 Å². The number of benzene rings is 1. The first-order valence-corrected chi connectivity index (χ1v) is 8.69. The van der Waals surface area contributed by atoms with Crippen molar-refractivity contribution in [1.82, 2.24) is 9.88 Å². The standard InChI is InChI=1S/C20H16N2O6/c1-11(23)27-17-18(26)20(2,28-19(17)22-15(24)7-8-16(22)25)13-9-12-5-3-4-6-14(12)21-10-13/h3-6,9-10H,7-8H2,1-2H3. The first-order valence-electron chi connectivity index (χ1n) is 8.69. The summed E-state index contributed by atoms with van der Waals surface area (Å²) in [5, 5.41) is 0.786. The molecule has 2 aromatic rings. The summed E-state index contributed by atoms with van der Waals surface area (Å²) >= 11 is 0. The monoisotopic (exact) mass is 380 g/mol. The highest BCUT2D eigenvalue weighted by Gasteiger charge is 2.53. The average molecular weight is 380 g/mol. The van der Waals surface area contributed by atoms with Crippen LogP contribution < -0.4 is 0 Å². The Bertz CT molecular complexity index is 1070. The normalized spacial score (nSPS) is 22.2. The largest absolute Gasteiger partial charge is 0.456 e. The highest BCUT2D eigenvalue weighted by Crippen LogP contribution is 2.42. The Kier molecular flexibility index (Phi) is 3.99. The van der Waals surface area contributed by atoms with E-state index in [1.165, 1.54) is 13.1 Å². The lowest BCUT2D eigenvalue weighted by atomic mass is 9.92. The van der Waals surface area contributed by atoms with Gasteiger partial charge in [-0.3, -0.25) is 24.2 Å². The topological polar surface area (TPSA) is 103 Å². The van der Waals surface area contributed by atoms with E-state index in [1.807, 2.05) is 24.3 Å². The summed E-state index contributed by atoms with van der Waals surface area (Å²) in [6.45, 7) is 2.61. The van der Waals surface area contributed by atoms with Crippen LogP contribution in [0.2, 0.25) is 0 Å². The molecule has 1 saturated heterocycles. The quantitative estimate of drug-likeness (QED) is 0.592. The van der Waals surface area contributed by atoms with Crippen LogP contribution in [-0.4, -0.2) is 33.5 Å². The Morgan fingerprint density at radius 2 is 1.86 bits per heavy atom. The molecule has 3 heterocycles. The minimum absolute atomic E-state index is 0.00147. The lowest BCUT2D eigenvalue weighted by molar-refractivity contribution is -0.144. The number of Topliss-reactive ketones (excluding diaryl/α,β-unsaturated/α-hetero) is 1. The van der Waals surface area contributed by atoms with Gasteiger partial charge in [-0.25, -0.2) is 4.90 Å². The second-order valence-corrected chi connectivity index (χ2v) is 6.73. The van der Waals surface area contributed by atoms with E-state index < -0.39 is 34.9 Å². The Morgan fingerprint density at radius 1 is 1.18 bits per heavy atom. The van der Waals surface area contributed by atoms with Gasteiger partial charge in [0.05, 0.1) is 5.52 Å². The maximum Gasteiger partial charge on any atom is 0.308 e. The van der Waals surface area contributed by atoms with Crippen LogP contribution in [0.3, 0.4) is 0 Å². The minimum Gasteiger partial charge on any atom is -0.456 e. The van der Waals surface area contributed by atoms with Gasteiger partial charge in [0.25, 0.3) is 11.7 Å². The van der Waals surface area contributed by atoms with Crippen LogP contribution in [-0.2, 0) is 34.3 Å². The van der Waals surface area contributed by atoms with E-state index in [4.69, 9.17) is 9.47 Å². The molecule has 2 aliphatic rings. The van der Waals surface area contributed by atoms with E-state index in [0.29, 0.717) is 5.56 Å². The Morgan fingerprint density at radius 3 is 2.54 bits per heavy atom. The molecule has 28 heavy (non-hydrogen) atoms. The molecule has 8 heteroatoms. The molecule has 2 aliphatic heterocycles. The minimum atomic E-state index is -1.60. The van der Waals surface area contributed by atoms with Crippen molar-refractivity contribution < 1.29 is 28.7 Å². The summed E-state index contributed by atoms with van der Waals surface area (Å²) in [6, 6.07) is 9.08. The second kappa shape index (κ2) is 6.26. The molecule has 1 aromatic heterocycles. The number of carbonyl (C=O) groups is 4. The number of nitrogens with zero attached hydrogens (tertiary/aromatic N) is 2. The fourth-order valence-electron chi connectivity index (χ4n) is 3.31. The van der Waals surface area contributed by atoms with E-state index in [0.717, 1.165) is 22.7 Å². The van der Waals surface area contributed by atoms with E-state index in [1.54, 1.807) is 6.07 Å². The predicted octanol–water partition coefficient (Wildman–Crippen LogP) is 1.93. The number of aromatic nitrogens is 1. The number of rotatable bonds is 3. The Hall–Kier alpha value is -3.55. The van der Waals surface area contributed by atoms with Gasteiger partial charge in [-0.1, -0.05) is 18.2 Å². The molecule has 1 aromatic carbocycles. The number of para-hydroxylation sites is 1. The van der Waals surface area contributed by atoms with Crippen LogP contribution in [0.25, 0.3) is 10.9 Å². The molecule has 1 fully saturated rings. The van der Waals surface area contributed by atoms with Crippen LogP contribution in [0.4, 0.5) is 0 Å². The van der Waals surface area contributed by atoms with Crippen LogP contribution in [0, 0.1) is 0 Å². The van der Waals surface area contributed by atoms with Gasteiger partial charge in [0, 0.05) is 36.9 Å². The smallest absolute Gasteiger partial charge is 0.308 e.